The molecule has 0 unspecified atom stereocenters. The van der Waals surface area contributed by atoms with Crippen LogP contribution in [0.4, 0.5) is 5.82 Å². The van der Waals surface area contributed by atoms with Crippen molar-refractivity contribution in [3.8, 4) is 17.2 Å². The van der Waals surface area contributed by atoms with Crippen molar-refractivity contribution in [2.24, 2.45) is 0 Å². The van der Waals surface area contributed by atoms with Crippen LogP contribution in [-0.2, 0) is 17.6 Å². The first-order valence-electron chi connectivity index (χ1n) is 11.6. The van der Waals surface area contributed by atoms with E-state index in [0.717, 1.165) is 73.5 Å². The molecule has 34 heavy (non-hydrogen) atoms. The summed E-state index contributed by atoms with van der Waals surface area (Å²) in [7, 11) is 3.18. The molecular weight excluding hydrogens is 452 g/mol. The largest absolute Gasteiger partial charge is 0.497 e. The minimum Gasteiger partial charge on any atom is -0.497 e. The summed E-state index contributed by atoms with van der Waals surface area (Å²) < 4.78 is 18.6. The number of thiophene rings is 1. The number of aryl methyl sites for hydroxylation is 1. The van der Waals surface area contributed by atoms with E-state index in [1.54, 1.807) is 31.2 Å². The summed E-state index contributed by atoms with van der Waals surface area (Å²) in [6.07, 6.45) is 5.92. The number of hydrogen-bond acceptors (Lipinski definition) is 8. The Hall–Kier alpha value is -3.17. The van der Waals surface area contributed by atoms with Gasteiger partial charge in [0.2, 0.25) is 0 Å². The number of nitrogens with zero attached hydrogens (tertiary/aromatic N) is 4. The lowest BCUT2D eigenvalue weighted by Crippen LogP contribution is -2.37. The Bertz CT molecular complexity index is 1460. The number of rotatable bonds is 4. The summed E-state index contributed by atoms with van der Waals surface area (Å²) in [6, 6.07) is 5.39. The summed E-state index contributed by atoms with van der Waals surface area (Å²) in [6.45, 7) is 3.13. The normalized spacial score (nSPS) is 16.1. The molecule has 3 aromatic heterocycles. The van der Waals surface area contributed by atoms with Crippen LogP contribution < -0.4 is 19.9 Å². The van der Waals surface area contributed by atoms with Crippen molar-refractivity contribution in [1.82, 2.24) is 14.5 Å². The molecular formula is C25H26N4O4S. The third kappa shape index (κ3) is 3.33. The molecule has 1 fully saturated rings. The second-order valence-corrected chi connectivity index (χ2v) is 9.62. The van der Waals surface area contributed by atoms with Gasteiger partial charge in [-0.15, -0.1) is 11.3 Å². The van der Waals surface area contributed by atoms with Gasteiger partial charge >= 0.3 is 0 Å². The minimum atomic E-state index is -0.117. The second-order valence-electron chi connectivity index (χ2n) is 8.62. The molecule has 0 saturated carbocycles. The van der Waals surface area contributed by atoms with Crippen molar-refractivity contribution in [1.29, 1.82) is 0 Å². The predicted molar refractivity (Wildman–Crippen MR) is 133 cm³/mol. The van der Waals surface area contributed by atoms with E-state index in [1.165, 1.54) is 22.5 Å². The number of pyridine rings is 1. The van der Waals surface area contributed by atoms with Crippen molar-refractivity contribution in [3.05, 3.63) is 46.0 Å². The van der Waals surface area contributed by atoms with Crippen molar-refractivity contribution in [2.45, 2.75) is 25.7 Å². The maximum absolute atomic E-state index is 13.7. The predicted octanol–water partition coefficient (Wildman–Crippen LogP) is 3.73. The maximum Gasteiger partial charge on any atom is 0.276 e. The smallest absolute Gasteiger partial charge is 0.276 e. The monoisotopic (exact) mass is 478 g/mol. The Labute approximate surface area is 200 Å². The van der Waals surface area contributed by atoms with E-state index >= 15 is 0 Å². The molecule has 176 valence electrons. The van der Waals surface area contributed by atoms with Gasteiger partial charge in [-0.1, -0.05) is 0 Å². The quantitative estimate of drug-likeness (QED) is 0.442. The van der Waals surface area contributed by atoms with Gasteiger partial charge in [-0.25, -0.2) is 9.97 Å². The van der Waals surface area contributed by atoms with Crippen LogP contribution in [0.2, 0.25) is 0 Å². The first kappa shape index (κ1) is 21.4. The van der Waals surface area contributed by atoms with E-state index in [4.69, 9.17) is 24.2 Å². The lowest BCUT2D eigenvalue weighted by atomic mass is 9.90. The van der Waals surface area contributed by atoms with Crippen LogP contribution in [0.25, 0.3) is 26.1 Å². The highest BCUT2D eigenvalue weighted by molar-refractivity contribution is 7.25. The van der Waals surface area contributed by atoms with Crippen LogP contribution in [0, 0.1) is 0 Å². The third-order valence-corrected chi connectivity index (χ3v) is 7.84. The summed E-state index contributed by atoms with van der Waals surface area (Å²) in [5.74, 6) is 2.28. The zero-order chi connectivity index (χ0) is 23.2. The Kier molecular flexibility index (Phi) is 5.38. The standard InChI is InChI=1S/C25H26N4O4S/c1-31-15-7-8-18(19(13-15)32-2)29-14-26-21-20-16-5-3-4-6-17(16)23(28-9-11-33-12-10-28)27-24(20)34-22(21)25(29)30/h7-8,13-14H,3-6,9-12H2,1-2H3. The summed E-state index contributed by atoms with van der Waals surface area (Å²) in [4.78, 5) is 26.8. The molecule has 4 heterocycles. The van der Waals surface area contributed by atoms with Gasteiger partial charge in [0.25, 0.3) is 5.56 Å². The molecule has 0 amide bonds. The van der Waals surface area contributed by atoms with E-state index < -0.39 is 0 Å². The molecule has 1 aliphatic carbocycles. The molecule has 0 N–H and O–H groups in total. The van der Waals surface area contributed by atoms with Gasteiger partial charge in [0, 0.05) is 24.5 Å². The number of anilines is 1. The fourth-order valence-corrected chi connectivity index (χ4v) is 6.18. The maximum atomic E-state index is 13.7. The van der Waals surface area contributed by atoms with Crippen LogP contribution >= 0.6 is 11.3 Å². The molecule has 8 nitrogen and oxygen atoms in total. The van der Waals surface area contributed by atoms with Gasteiger partial charge < -0.3 is 19.1 Å². The van der Waals surface area contributed by atoms with Gasteiger partial charge in [-0.3, -0.25) is 9.36 Å². The first-order chi connectivity index (χ1) is 16.7. The van der Waals surface area contributed by atoms with Crippen LogP contribution in [-0.4, -0.2) is 55.1 Å². The number of methoxy groups -OCH3 is 2. The Morgan fingerprint density at radius 2 is 1.85 bits per heavy atom. The van der Waals surface area contributed by atoms with E-state index in [2.05, 4.69) is 4.90 Å². The molecule has 1 aromatic carbocycles. The second kappa shape index (κ2) is 8.56. The molecule has 0 radical (unpaired) electrons. The lowest BCUT2D eigenvalue weighted by Gasteiger charge is -2.31. The van der Waals surface area contributed by atoms with Crippen LogP contribution in [0.3, 0.4) is 0 Å². The highest BCUT2D eigenvalue weighted by Gasteiger charge is 2.26. The Morgan fingerprint density at radius 3 is 2.62 bits per heavy atom. The molecule has 1 aliphatic heterocycles. The average molecular weight is 479 g/mol. The molecule has 1 saturated heterocycles. The zero-order valence-electron chi connectivity index (χ0n) is 19.3. The van der Waals surface area contributed by atoms with Gasteiger partial charge in [-0.2, -0.15) is 0 Å². The molecule has 0 atom stereocenters. The first-order valence-corrected chi connectivity index (χ1v) is 12.4. The van der Waals surface area contributed by atoms with Crippen molar-refractivity contribution < 1.29 is 14.2 Å². The highest BCUT2D eigenvalue weighted by Crippen LogP contribution is 2.40. The summed E-state index contributed by atoms with van der Waals surface area (Å²) in [5, 5.41) is 1.05. The molecule has 4 aromatic rings. The topological polar surface area (TPSA) is 78.7 Å². The average Bonchev–Trinajstić information content (AvgIpc) is 3.28. The number of morpholine rings is 1. The van der Waals surface area contributed by atoms with E-state index in [0.29, 0.717) is 21.9 Å². The fraction of sp³-hybridized carbons (Fsp3) is 0.400. The lowest BCUT2D eigenvalue weighted by molar-refractivity contribution is 0.122. The number of aromatic nitrogens is 3. The fourth-order valence-electron chi connectivity index (χ4n) is 5.09. The Balaban J connectivity index is 1.57. The van der Waals surface area contributed by atoms with E-state index in [1.807, 2.05) is 12.1 Å². The highest BCUT2D eigenvalue weighted by atomic mass is 32.1. The van der Waals surface area contributed by atoms with Gasteiger partial charge in [0.15, 0.2) is 0 Å². The minimum absolute atomic E-state index is 0.117. The number of ether oxygens (including phenoxy) is 3. The zero-order valence-corrected chi connectivity index (χ0v) is 20.1. The molecule has 0 bridgehead atoms. The molecule has 9 heteroatoms. The number of fused-ring (bicyclic) bond motifs is 5. The van der Waals surface area contributed by atoms with Crippen LogP contribution in [0.15, 0.2) is 29.3 Å². The molecule has 0 spiro atoms. The van der Waals surface area contributed by atoms with E-state index in [-0.39, 0.29) is 5.56 Å². The van der Waals surface area contributed by atoms with Crippen molar-refractivity contribution >= 4 is 37.6 Å². The number of hydrogen-bond donors (Lipinski definition) is 0. The van der Waals surface area contributed by atoms with Crippen LogP contribution in [0.5, 0.6) is 11.5 Å². The van der Waals surface area contributed by atoms with Gasteiger partial charge in [-0.05, 0) is 48.9 Å². The van der Waals surface area contributed by atoms with Crippen molar-refractivity contribution in [3.63, 3.8) is 0 Å². The summed E-state index contributed by atoms with van der Waals surface area (Å²) in [5.41, 5.74) is 3.91. The summed E-state index contributed by atoms with van der Waals surface area (Å²) >= 11 is 1.44. The number of benzene rings is 1. The molecule has 2 aliphatic rings. The van der Waals surface area contributed by atoms with Crippen molar-refractivity contribution in [2.75, 3.05) is 45.4 Å². The van der Waals surface area contributed by atoms with Gasteiger partial charge in [0.1, 0.15) is 33.2 Å². The third-order valence-electron chi connectivity index (χ3n) is 6.78. The van der Waals surface area contributed by atoms with Gasteiger partial charge in [0.05, 0.1) is 38.6 Å². The SMILES string of the molecule is COc1ccc(-n2cnc3c(sc4nc(N5CCOCC5)c5c(c43)CCCC5)c2=O)c(OC)c1. The molecule has 6 rings (SSSR count). The van der Waals surface area contributed by atoms with Crippen LogP contribution in [0.1, 0.15) is 24.0 Å². The Morgan fingerprint density at radius 1 is 1.06 bits per heavy atom. The van der Waals surface area contributed by atoms with E-state index in [9.17, 15) is 4.79 Å².